The number of para-hydroxylation sites is 1. The van der Waals surface area contributed by atoms with Gasteiger partial charge in [0.1, 0.15) is 0 Å². The molecule has 19 heavy (non-hydrogen) atoms. The fraction of sp³-hybridized carbons (Fsp3) is 0.429. The molecule has 3 rings (SSSR count). The van der Waals surface area contributed by atoms with E-state index in [0.29, 0.717) is 22.8 Å². The third-order valence-corrected chi connectivity index (χ3v) is 3.94. The quantitative estimate of drug-likeness (QED) is 0.799. The highest BCUT2D eigenvalue weighted by atomic mass is 35.5. The van der Waals surface area contributed by atoms with Crippen molar-refractivity contribution in [3.05, 3.63) is 28.8 Å². The molecule has 1 unspecified atom stereocenters. The van der Waals surface area contributed by atoms with Gasteiger partial charge in [-0.15, -0.1) is 0 Å². The zero-order chi connectivity index (χ0) is 13.4. The van der Waals surface area contributed by atoms with Crippen molar-refractivity contribution >= 4 is 29.0 Å². The number of halogens is 1. The number of Topliss-reactive ketones (excluding diaryl/α,β-unsaturated/α-hetero) is 1. The molecule has 0 aliphatic carbocycles. The molecule has 0 saturated carbocycles. The number of carbonyl (C=O) groups is 2. The molecule has 1 atom stereocenters. The summed E-state index contributed by atoms with van der Waals surface area (Å²) in [7, 11) is 0. The van der Waals surface area contributed by atoms with Crippen LogP contribution in [0.2, 0.25) is 5.02 Å². The van der Waals surface area contributed by atoms with E-state index in [0.717, 1.165) is 25.9 Å². The van der Waals surface area contributed by atoms with Gasteiger partial charge in [-0.2, -0.15) is 0 Å². The maximum absolute atomic E-state index is 12.0. The van der Waals surface area contributed by atoms with Crippen molar-refractivity contribution < 1.29 is 14.3 Å². The van der Waals surface area contributed by atoms with Crippen LogP contribution in [0.4, 0.5) is 5.69 Å². The van der Waals surface area contributed by atoms with Crippen LogP contribution in [0.1, 0.15) is 29.6 Å². The molecular weight excluding hydrogens is 266 g/mol. The molecule has 100 valence electrons. The number of benzene rings is 1. The van der Waals surface area contributed by atoms with Crippen LogP contribution in [-0.4, -0.2) is 30.9 Å². The predicted octanol–water partition coefficient (Wildman–Crippen LogP) is 2.44. The summed E-state index contributed by atoms with van der Waals surface area (Å²) < 4.78 is 5.54. The smallest absolute Gasteiger partial charge is 0.299 e. The van der Waals surface area contributed by atoms with Crippen LogP contribution >= 0.6 is 11.6 Å². The Bertz CT molecular complexity index is 537. The van der Waals surface area contributed by atoms with Gasteiger partial charge in [0.15, 0.2) is 0 Å². The van der Waals surface area contributed by atoms with Gasteiger partial charge in [-0.25, -0.2) is 0 Å². The van der Waals surface area contributed by atoms with Crippen LogP contribution in [0.15, 0.2) is 18.2 Å². The van der Waals surface area contributed by atoms with E-state index in [1.807, 2.05) is 0 Å². The highest BCUT2D eigenvalue weighted by molar-refractivity contribution is 6.54. The first-order chi connectivity index (χ1) is 9.18. The Balaban J connectivity index is 1.82. The fourth-order valence-electron chi connectivity index (χ4n) is 2.67. The molecule has 0 N–H and O–H groups in total. The average Bonchev–Trinajstić information content (AvgIpc) is 2.99. The summed E-state index contributed by atoms with van der Waals surface area (Å²) in [5, 5.41) is 0.448. The number of ether oxygens (including phenoxy) is 1. The van der Waals surface area contributed by atoms with E-state index in [-0.39, 0.29) is 6.10 Å². The van der Waals surface area contributed by atoms with E-state index in [1.165, 1.54) is 4.90 Å². The molecule has 5 heteroatoms. The molecule has 0 aromatic heterocycles. The van der Waals surface area contributed by atoms with E-state index in [9.17, 15) is 9.59 Å². The van der Waals surface area contributed by atoms with Gasteiger partial charge in [0, 0.05) is 13.2 Å². The lowest BCUT2D eigenvalue weighted by Gasteiger charge is -2.19. The first-order valence-corrected chi connectivity index (χ1v) is 6.82. The summed E-state index contributed by atoms with van der Waals surface area (Å²) in [6.45, 7) is 1.26. The summed E-state index contributed by atoms with van der Waals surface area (Å²) in [6.07, 6.45) is 3.01. The molecule has 1 aromatic rings. The van der Waals surface area contributed by atoms with Crippen molar-refractivity contribution in [2.24, 2.45) is 0 Å². The molecule has 1 aromatic carbocycles. The van der Waals surface area contributed by atoms with Gasteiger partial charge in [-0.05, 0) is 31.4 Å². The second-order valence-corrected chi connectivity index (χ2v) is 5.25. The Morgan fingerprint density at radius 1 is 1.37 bits per heavy atom. The van der Waals surface area contributed by atoms with Gasteiger partial charge in [-0.3, -0.25) is 9.59 Å². The van der Waals surface area contributed by atoms with Crippen LogP contribution in [0.5, 0.6) is 0 Å². The van der Waals surface area contributed by atoms with Gasteiger partial charge in [0.05, 0.1) is 22.4 Å². The van der Waals surface area contributed by atoms with Crippen LogP contribution in [0.3, 0.4) is 0 Å². The molecule has 1 saturated heterocycles. The highest BCUT2D eigenvalue weighted by Gasteiger charge is 2.37. The monoisotopic (exact) mass is 279 g/mol. The minimum atomic E-state index is -0.485. The van der Waals surface area contributed by atoms with Gasteiger partial charge in [0.2, 0.25) is 0 Å². The van der Waals surface area contributed by atoms with Crippen LogP contribution < -0.4 is 4.90 Å². The van der Waals surface area contributed by atoms with E-state index < -0.39 is 11.7 Å². The number of amides is 1. The number of ketones is 1. The molecule has 0 radical (unpaired) electrons. The standard InChI is InChI=1S/C14H14ClNO3/c15-11-5-1-4-10-12(11)16(14(18)13(10)17)7-6-9-3-2-8-19-9/h1,4-5,9H,2-3,6-8H2. The van der Waals surface area contributed by atoms with Crippen LogP contribution in [-0.2, 0) is 9.53 Å². The van der Waals surface area contributed by atoms with Crippen molar-refractivity contribution in [3.63, 3.8) is 0 Å². The summed E-state index contributed by atoms with van der Waals surface area (Å²) in [4.78, 5) is 25.4. The third kappa shape index (κ3) is 2.15. The molecule has 0 bridgehead atoms. The van der Waals surface area contributed by atoms with Gasteiger partial charge < -0.3 is 9.64 Å². The fourth-order valence-corrected chi connectivity index (χ4v) is 2.95. The second kappa shape index (κ2) is 4.94. The third-order valence-electron chi connectivity index (χ3n) is 3.64. The molecule has 1 amide bonds. The Hall–Kier alpha value is -1.39. The topological polar surface area (TPSA) is 46.6 Å². The lowest BCUT2D eigenvalue weighted by atomic mass is 10.1. The number of nitrogens with zero attached hydrogens (tertiary/aromatic N) is 1. The number of fused-ring (bicyclic) bond motifs is 1. The van der Waals surface area contributed by atoms with Crippen molar-refractivity contribution in [2.75, 3.05) is 18.1 Å². The summed E-state index contributed by atoms with van der Waals surface area (Å²) in [6, 6.07) is 5.04. The Labute approximate surface area is 116 Å². The molecule has 2 heterocycles. The van der Waals surface area contributed by atoms with Crippen molar-refractivity contribution in [3.8, 4) is 0 Å². The Morgan fingerprint density at radius 3 is 2.95 bits per heavy atom. The van der Waals surface area contributed by atoms with E-state index >= 15 is 0 Å². The molecular formula is C14H14ClNO3. The average molecular weight is 280 g/mol. The summed E-state index contributed by atoms with van der Waals surface area (Å²) in [5.41, 5.74) is 0.960. The number of carbonyl (C=O) groups excluding carboxylic acids is 2. The number of hydrogen-bond donors (Lipinski definition) is 0. The van der Waals surface area contributed by atoms with Crippen LogP contribution in [0, 0.1) is 0 Å². The number of hydrogen-bond acceptors (Lipinski definition) is 3. The zero-order valence-electron chi connectivity index (χ0n) is 10.4. The maximum Gasteiger partial charge on any atom is 0.299 e. The second-order valence-electron chi connectivity index (χ2n) is 4.85. The SMILES string of the molecule is O=C1C(=O)N(CCC2CCCO2)c2c(Cl)cccc21. The Kier molecular flexibility index (Phi) is 3.29. The maximum atomic E-state index is 12.0. The lowest BCUT2D eigenvalue weighted by Crippen LogP contribution is -2.32. The van der Waals surface area contributed by atoms with Crippen molar-refractivity contribution in [2.45, 2.75) is 25.4 Å². The van der Waals surface area contributed by atoms with E-state index in [2.05, 4.69) is 0 Å². The van der Waals surface area contributed by atoms with Gasteiger partial charge in [-0.1, -0.05) is 17.7 Å². The molecule has 2 aliphatic heterocycles. The molecule has 4 nitrogen and oxygen atoms in total. The first-order valence-electron chi connectivity index (χ1n) is 6.45. The minimum absolute atomic E-state index is 0.189. The molecule has 1 fully saturated rings. The summed E-state index contributed by atoms with van der Waals surface area (Å²) in [5.74, 6) is -0.953. The largest absolute Gasteiger partial charge is 0.378 e. The van der Waals surface area contributed by atoms with E-state index in [1.54, 1.807) is 18.2 Å². The number of anilines is 1. The van der Waals surface area contributed by atoms with Gasteiger partial charge in [0.25, 0.3) is 11.7 Å². The predicted molar refractivity (Wildman–Crippen MR) is 71.7 cm³/mol. The Morgan fingerprint density at radius 2 is 2.21 bits per heavy atom. The molecule has 2 aliphatic rings. The zero-order valence-corrected chi connectivity index (χ0v) is 11.2. The first kappa shape index (κ1) is 12.6. The van der Waals surface area contributed by atoms with E-state index in [4.69, 9.17) is 16.3 Å². The number of rotatable bonds is 3. The van der Waals surface area contributed by atoms with Gasteiger partial charge >= 0.3 is 0 Å². The van der Waals surface area contributed by atoms with Crippen molar-refractivity contribution in [1.29, 1.82) is 0 Å². The van der Waals surface area contributed by atoms with Crippen molar-refractivity contribution in [1.82, 2.24) is 0 Å². The normalized spacial score (nSPS) is 22.2. The van der Waals surface area contributed by atoms with Crippen LogP contribution in [0.25, 0.3) is 0 Å². The summed E-state index contributed by atoms with van der Waals surface area (Å²) >= 11 is 6.11. The minimum Gasteiger partial charge on any atom is -0.378 e. The molecule has 0 spiro atoms. The highest BCUT2D eigenvalue weighted by Crippen LogP contribution is 2.36. The lowest BCUT2D eigenvalue weighted by molar-refractivity contribution is -0.114.